The summed E-state index contributed by atoms with van der Waals surface area (Å²) in [7, 11) is 1.56. The number of primary amides is 1. The standard InChI is InChI=1S/C10H15BrN4O3/c1-18-5-4-15-10(17)9(11)7(6-14-15)13-3-2-8(12)16/h6,13H,2-5H2,1H3,(H2,12,16). The van der Waals surface area contributed by atoms with Crippen LogP contribution in [0.15, 0.2) is 15.5 Å². The zero-order valence-electron chi connectivity index (χ0n) is 9.98. The monoisotopic (exact) mass is 318 g/mol. The van der Waals surface area contributed by atoms with Gasteiger partial charge in [0, 0.05) is 20.1 Å². The summed E-state index contributed by atoms with van der Waals surface area (Å²) in [6, 6.07) is 0. The summed E-state index contributed by atoms with van der Waals surface area (Å²) in [6.07, 6.45) is 1.71. The van der Waals surface area contributed by atoms with Crippen LogP contribution in [0.2, 0.25) is 0 Å². The molecule has 1 aromatic heterocycles. The highest BCUT2D eigenvalue weighted by Crippen LogP contribution is 2.15. The van der Waals surface area contributed by atoms with Crippen molar-refractivity contribution in [2.45, 2.75) is 13.0 Å². The zero-order valence-corrected chi connectivity index (χ0v) is 11.6. The number of amides is 1. The summed E-state index contributed by atoms with van der Waals surface area (Å²) in [5.41, 5.74) is 5.30. The maximum atomic E-state index is 11.9. The van der Waals surface area contributed by atoms with Crippen molar-refractivity contribution in [3.63, 3.8) is 0 Å². The lowest BCUT2D eigenvalue weighted by Crippen LogP contribution is -2.26. The van der Waals surface area contributed by atoms with Gasteiger partial charge in [0.05, 0.1) is 25.0 Å². The summed E-state index contributed by atoms with van der Waals surface area (Å²) < 4.78 is 6.55. The molecule has 1 rings (SSSR count). The van der Waals surface area contributed by atoms with Crippen molar-refractivity contribution < 1.29 is 9.53 Å². The summed E-state index contributed by atoms with van der Waals surface area (Å²) in [5, 5.41) is 6.90. The lowest BCUT2D eigenvalue weighted by Gasteiger charge is -2.09. The van der Waals surface area contributed by atoms with Crippen molar-refractivity contribution in [3.8, 4) is 0 Å². The van der Waals surface area contributed by atoms with Crippen LogP contribution < -0.4 is 16.6 Å². The SMILES string of the molecule is COCCn1ncc(NCCC(N)=O)c(Br)c1=O. The van der Waals surface area contributed by atoms with Gasteiger partial charge in [-0.3, -0.25) is 9.59 Å². The van der Waals surface area contributed by atoms with Crippen LogP contribution in [0.5, 0.6) is 0 Å². The number of halogens is 1. The zero-order chi connectivity index (χ0) is 13.5. The first-order chi connectivity index (χ1) is 8.56. The molecule has 7 nitrogen and oxygen atoms in total. The summed E-state index contributed by atoms with van der Waals surface area (Å²) in [5.74, 6) is -0.403. The van der Waals surface area contributed by atoms with E-state index in [1.807, 2.05) is 0 Å². The lowest BCUT2D eigenvalue weighted by molar-refractivity contribution is -0.117. The fourth-order valence-electron chi connectivity index (χ4n) is 1.25. The van der Waals surface area contributed by atoms with E-state index in [0.717, 1.165) is 0 Å². The number of hydrogen-bond acceptors (Lipinski definition) is 5. The van der Waals surface area contributed by atoms with E-state index in [-0.39, 0.29) is 12.0 Å². The maximum absolute atomic E-state index is 11.9. The third-order valence-electron chi connectivity index (χ3n) is 2.18. The molecule has 0 unspecified atom stereocenters. The van der Waals surface area contributed by atoms with Crippen LogP contribution in [0.25, 0.3) is 0 Å². The van der Waals surface area contributed by atoms with Gasteiger partial charge in [0.25, 0.3) is 5.56 Å². The fraction of sp³-hybridized carbons (Fsp3) is 0.500. The highest BCUT2D eigenvalue weighted by Gasteiger charge is 2.08. The average Bonchev–Trinajstić information content (AvgIpc) is 2.33. The number of carbonyl (C=O) groups is 1. The Morgan fingerprint density at radius 2 is 2.39 bits per heavy atom. The second-order valence-electron chi connectivity index (χ2n) is 3.54. The van der Waals surface area contributed by atoms with E-state index in [0.29, 0.717) is 29.9 Å². The Balaban J connectivity index is 2.74. The number of nitrogens with two attached hydrogens (primary N) is 1. The molecule has 0 saturated heterocycles. The number of nitrogens with one attached hydrogen (secondary N) is 1. The maximum Gasteiger partial charge on any atom is 0.283 e. The Kier molecular flexibility index (Phi) is 5.79. The molecule has 100 valence electrons. The Morgan fingerprint density at radius 3 is 3.00 bits per heavy atom. The fourth-order valence-corrected chi connectivity index (χ4v) is 1.69. The van der Waals surface area contributed by atoms with Gasteiger partial charge in [-0.25, -0.2) is 4.68 Å². The number of rotatable bonds is 7. The van der Waals surface area contributed by atoms with E-state index >= 15 is 0 Å². The molecule has 0 fully saturated rings. The molecule has 0 bridgehead atoms. The predicted molar refractivity (Wildman–Crippen MR) is 70.4 cm³/mol. The van der Waals surface area contributed by atoms with Gasteiger partial charge in [0.15, 0.2) is 0 Å². The quantitative estimate of drug-likeness (QED) is 0.733. The number of aromatic nitrogens is 2. The largest absolute Gasteiger partial charge is 0.383 e. The second-order valence-corrected chi connectivity index (χ2v) is 4.33. The molecule has 8 heteroatoms. The first kappa shape index (κ1) is 14.7. The third kappa shape index (κ3) is 4.11. The Bertz CT molecular complexity index is 475. The molecule has 1 aromatic rings. The number of hydrogen-bond donors (Lipinski definition) is 2. The third-order valence-corrected chi connectivity index (χ3v) is 2.95. The van der Waals surface area contributed by atoms with Crippen molar-refractivity contribution in [1.82, 2.24) is 9.78 Å². The molecule has 18 heavy (non-hydrogen) atoms. The van der Waals surface area contributed by atoms with Crippen molar-refractivity contribution >= 4 is 27.5 Å². The van der Waals surface area contributed by atoms with E-state index < -0.39 is 5.91 Å². The Morgan fingerprint density at radius 1 is 1.67 bits per heavy atom. The van der Waals surface area contributed by atoms with Gasteiger partial charge in [-0.2, -0.15) is 5.10 Å². The van der Waals surface area contributed by atoms with Crippen LogP contribution in [0.3, 0.4) is 0 Å². The van der Waals surface area contributed by atoms with E-state index in [1.165, 1.54) is 10.9 Å². The minimum absolute atomic E-state index is 0.194. The van der Waals surface area contributed by atoms with Gasteiger partial charge >= 0.3 is 0 Å². The molecule has 0 spiro atoms. The van der Waals surface area contributed by atoms with Crippen LogP contribution in [-0.2, 0) is 16.1 Å². The minimum atomic E-state index is -0.403. The second kappa shape index (κ2) is 7.12. The topological polar surface area (TPSA) is 99.2 Å². The van der Waals surface area contributed by atoms with Gasteiger partial charge in [-0.1, -0.05) is 0 Å². The molecule has 0 atom stereocenters. The molecular formula is C10H15BrN4O3. The van der Waals surface area contributed by atoms with E-state index in [1.54, 1.807) is 7.11 Å². The van der Waals surface area contributed by atoms with Crippen LogP contribution in [0.1, 0.15) is 6.42 Å². The number of nitrogens with zero attached hydrogens (tertiary/aromatic N) is 2. The smallest absolute Gasteiger partial charge is 0.283 e. The highest BCUT2D eigenvalue weighted by molar-refractivity contribution is 9.10. The van der Waals surface area contributed by atoms with Crippen LogP contribution in [-0.4, -0.2) is 35.9 Å². The highest BCUT2D eigenvalue weighted by atomic mass is 79.9. The first-order valence-corrected chi connectivity index (χ1v) is 6.12. The van der Waals surface area contributed by atoms with Gasteiger partial charge in [-0.05, 0) is 15.9 Å². The molecule has 0 saturated carbocycles. The van der Waals surface area contributed by atoms with E-state index in [2.05, 4.69) is 26.3 Å². The van der Waals surface area contributed by atoms with Crippen molar-refractivity contribution in [2.75, 3.05) is 25.6 Å². The number of methoxy groups -OCH3 is 1. The summed E-state index contributed by atoms with van der Waals surface area (Å²) in [4.78, 5) is 22.4. The molecule has 0 aliphatic heterocycles. The number of anilines is 1. The molecule has 0 radical (unpaired) electrons. The normalized spacial score (nSPS) is 10.3. The first-order valence-electron chi connectivity index (χ1n) is 5.33. The number of ether oxygens (including phenoxy) is 1. The molecule has 3 N–H and O–H groups in total. The van der Waals surface area contributed by atoms with Crippen molar-refractivity contribution in [1.29, 1.82) is 0 Å². The predicted octanol–water partition coefficient (Wildman–Crippen LogP) is -0.0605. The Hall–Kier alpha value is -1.41. The van der Waals surface area contributed by atoms with Crippen LogP contribution >= 0.6 is 15.9 Å². The van der Waals surface area contributed by atoms with Crippen LogP contribution in [0.4, 0.5) is 5.69 Å². The summed E-state index contributed by atoms with van der Waals surface area (Å²) in [6.45, 7) is 1.15. The Labute approximate surface area is 112 Å². The van der Waals surface area contributed by atoms with Crippen molar-refractivity contribution in [3.05, 3.63) is 21.0 Å². The van der Waals surface area contributed by atoms with Gasteiger partial charge in [0.1, 0.15) is 4.47 Å². The molecule has 1 amide bonds. The minimum Gasteiger partial charge on any atom is -0.383 e. The number of carbonyl (C=O) groups excluding carboxylic acids is 1. The molecule has 0 aliphatic carbocycles. The van der Waals surface area contributed by atoms with E-state index in [9.17, 15) is 9.59 Å². The lowest BCUT2D eigenvalue weighted by atomic mass is 10.4. The molecule has 0 aliphatic rings. The van der Waals surface area contributed by atoms with E-state index in [4.69, 9.17) is 10.5 Å². The van der Waals surface area contributed by atoms with Gasteiger partial charge in [0.2, 0.25) is 5.91 Å². The van der Waals surface area contributed by atoms with Gasteiger partial charge < -0.3 is 15.8 Å². The molecular weight excluding hydrogens is 304 g/mol. The summed E-state index contributed by atoms with van der Waals surface area (Å²) >= 11 is 3.20. The van der Waals surface area contributed by atoms with Gasteiger partial charge in [-0.15, -0.1) is 0 Å². The average molecular weight is 319 g/mol. The van der Waals surface area contributed by atoms with Crippen molar-refractivity contribution in [2.24, 2.45) is 5.73 Å². The van der Waals surface area contributed by atoms with Crippen LogP contribution in [0, 0.1) is 0 Å². The molecule has 1 heterocycles. The molecule has 0 aromatic carbocycles.